The van der Waals surface area contributed by atoms with Gasteiger partial charge in [-0.2, -0.15) is 0 Å². The Kier molecular flexibility index (Phi) is 19.2. The number of carbonyl (C=O) groups excluding carboxylic acids is 5. The molecule has 6 unspecified atom stereocenters. The van der Waals surface area contributed by atoms with Gasteiger partial charge in [-0.15, -0.1) is 0 Å². The predicted octanol–water partition coefficient (Wildman–Crippen LogP) is 9.76. The number of ketones is 1. The lowest BCUT2D eigenvalue weighted by atomic mass is 10.0. The number of carboxylic acids is 1. The molecule has 0 radical (unpaired) electrons. The van der Waals surface area contributed by atoms with E-state index in [0.717, 1.165) is 38.3 Å². The standard InChI is InChI=1S/C22H25O7P.C18H16NO4P.C18H17O5P.CH4/c1-2-12-27-21(24)14-16(22(25)28-13-11-23)15-30(26)20-10-6-4-8-18(20)17-7-3-5-9-19(17)29-30;1-19-17(20)10-12(18(19)21)11-24(22)16-9-5-3-7-14(16)13-6-2-4-8-15(13)23-24;1-12(19)10-13(18(20)21)11-24(22)17-9-5-3-7-15(17)14-6-2-4-8-16(14)23-24;/h3-10,16,23H,2,11-15H2,1H3;2-9,12H,10-11H2,1H3;2-9,13H,10-11H2,1H3,(H,20,21);1H4. The number of imide groups is 1. The van der Waals surface area contributed by atoms with E-state index in [1.165, 1.54) is 14.0 Å². The SMILES string of the molecule is C.CC(=O)CC(CP1(=O)Oc2ccccc2-c2ccccc21)C(=O)O.CCCOC(=O)CC(CP1(=O)Oc2ccccc2-c2ccccc21)C(=O)OCCO.CN1C(=O)CC(CP2(=O)Oc3ccccc3-c3ccccc32)C1=O. The third-order valence-corrected chi connectivity index (χ3v) is 21.0. The number of likely N-dealkylation sites (tertiary alicyclic amines) is 1. The summed E-state index contributed by atoms with van der Waals surface area (Å²) in [7, 11) is -8.78. The van der Waals surface area contributed by atoms with Gasteiger partial charge in [0.15, 0.2) is 0 Å². The van der Waals surface area contributed by atoms with E-state index in [4.69, 9.17) is 28.2 Å². The highest BCUT2D eigenvalue weighted by molar-refractivity contribution is 7.68. The average Bonchev–Trinajstić information content (AvgIpc) is 3.69. The van der Waals surface area contributed by atoms with Crippen LogP contribution in [0.5, 0.6) is 17.2 Å². The van der Waals surface area contributed by atoms with E-state index in [2.05, 4.69) is 0 Å². The first kappa shape index (κ1) is 59.3. The lowest BCUT2D eigenvalue weighted by molar-refractivity contribution is -0.155. The maximum atomic E-state index is 14.0. The first-order valence-electron chi connectivity index (χ1n) is 25.3. The summed E-state index contributed by atoms with van der Waals surface area (Å²) in [6.07, 6.45) is -0.0537. The summed E-state index contributed by atoms with van der Waals surface area (Å²) in [5, 5.41) is 20.0. The number of nitrogens with zero attached hydrogens (tertiary/aromatic N) is 1. The second-order valence-corrected chi connectivity index (χ2v) is 26.2. The van der Waals surface area contributed by atoms with Gasteiger partial charge < -0.3 is 38.1 Å². The van der Waals surface area contributed by atoms with Crippen molar-refractivity contribution < 1.29 is 75.7 Å². The van der Waals surface area contributed by atoms with Crippen molar-refractivity contribution in [2.75, 3.05) is 45.4 Å². The number of carbonyl (C=O) groups is 6. The largest absolute Gasteiger partial charge is 0.481 e. The molecule has 10 rings (SSSR count). The van der Waals surface area contributed by atoms with Crippen molar-refractivity contribution in [3.63, 3.8) is 0 Å². The number of ether oxygens (including phenoxy) is 2. The van der Waals surface area contributed by atoms with Gasteiger partial charge in [0, 0.05) is 36.6 Å². The average molecular weight is 1130 g/mol. The number of rotatable bonds is 16. The highest BCUT2D eigenvalue weighted by atomic mass is 31.2. The van der Waals surface area contributed by atoms with Gasteiger partial charge >= 0.3 is 17.9 Å². The number of benzene rings is 6. The molecule has 0 saturated carbocycles. The molecule has 0 aromatic heterocycles. The number of hydrogen-bond acceptors (Lipinski definition) is 15. The summed E-state index contributed by atoms with van der Waals surface area (Å²) in [4.78, 5) is 72.7. The topological polar surface area (TPSA) is 243 Å². The molecule has 79 heavy (non-hydrogen) atoms. The number of para-hydroxylation sites is 3. The van der Waals surface area contributed by atoms with Crippen LogP contribution < -0.4 is 29.5 Å². The zero-order valence-electron chi connectivity index (χ0n) is 43.1. The van der Waals surface area contributed by atoms with E-state index in [1.807, 2.05) is 91.9 Å². The van der Waals surface area contributed by atoms with Gasteiger partial charge in [0.25, 0.3) is 22.1 Å². The van der Waals surface area contributed by atoms with Crippen LogP contribution in [0, 0.1) is 17.8 Å². The first-order valence-corrected chi connectivity index (χ1v) is 30.7. The molecule has 1 fully saturated rings. The van der Waals surface area contributed by atoms with Crippen molar-refractivity contribution in [2.45, 2.75) is 47.0 Å². The van der Waals surface area contributed by atoms with E-state index < -0.39 is 57.8 Å². The van der Waals surface area contributed by atoms with E-state index >= 15 is 0 Å². The molecule has 20 heteroatoms. The van der Waals surface area contributed by atoms with Gasteiger partial charge in [0.1, 0.15) is 29.6 Å². The molecule has 4 aliphatic rings. The molecule has 4 aliphatic heterocycles. The number of fused-ring (bicyclic) bond motifs is 9. The minimum atomic E-state index is -3.53. The van der Waals surface area contributed by atoms with Gasteiger partial charge in [-0.3, -0.25) is 42.6 Å². The Morgan fingerprint density at radius 1 is 0.595 bits per heavy atom. The quantitative estimate of drug-likeness (QED) is 0.0520. The van der Waals surface area contributed by atoms with Crippen LogP contribution in [0.2, 0.25) is 0 Å². The second-order valence-electron chi connectivity index (χ2n) is 19.0. The minimum absolute atomic E-state index is 0. The molecule has 1 saturated heterocycles. The van der Waals surface area contributed by atoms with Gasteiger partial charge in [0.2, 0.25) is 11.8 Å². The lowest BCUT2D eigenvalue weighted by Crippen LogP contribution is -2.30. The Morgan fingerprint density at radius 2 is 1.00 bits per heavy atom. The summed E-state index contributed by atoms with van der Waals surface area (Å²) in [5.41, 5.74) is 4.98. The molecule has 0 bridgehead atoms. The molecule has 6 atom stereocenters. The molecule has 414 valence electrons. The van der Waals surface area contributed by atoms with Crippen molar-refractivity contribution in [1.29, 1.82) is 0 Å². The maximum Gasteiger partial charge on any atom is 0.310 e. The Balaban J connectivity index is 0.000000172. The van der Waals surface area contributed by atoms with Crippen LogP contribution >= 0.6 is 22.1 Å². The third kappa shape index (κ3) is 13.2. The van der Waals surface area contributed by atoms with E-state index in [-0.39, 0.29) is 82.6 Å². The van der Waals surface area contributed by atoms with Crippen molar-refractivity contribution in [3.05, 3.63) is 146 Å². The highest BCUT2D eigenvalue weighted by Gasteiger charge is 2.46. The number of hydrogen-bond donors (Lipinski definition) is 2. The number of amides is 2. The van der Waals surface area contributed by atoms with Crippen molar-refractivity contribution >= 4 is 73.5 Å². The van der Waals surface area contributed by atoms with Gasteiger partial charge in [-0.1, -0.05) is 124 Å². The summed E-state index contributed by atoms with van der Waals surface area (Å²) >= 11 is 0. The maximum absolute atomic E-state index is 14.0. The van der Waals surface area contributed by atoms with Gasteiger partial charge in [-0.25, -0.2) is 0 Å². The number of aliphatic hydroxyl groups excluding tert-OH is 1. The smallest absolute Gasteiger partial charge is 0.310 e. The summed E-state index contributed by atoms with van der Waals surface area (Å²) in [6.45, 7) is 2.88. The van der Waals surface area contributed by atoms with Gasteiger partial charge in [-0.05, 0) is 66.4 Å². The van der Waals surface area contributed by atoms with Crippen LogP contribution in [-0.2, 0) is 51.9 Å². The van der Waals surface area contributed by atoms with Crippen LogP contribution in [0.4, 0.5) is 0 Å². The second kappa shape index (κ2) is 25.6. The molecule has 6 aromatic carbocycles. The molecule has 6 aromatic rings. The zero-order chi connectivity index (χ0) is 55.8. The third-order valence-electron chi connectivity index (χ3n) is 13.4. The Labute approximate surface area is 458 Å². The predicted molar refractivity (Wildman–Crippen MR) is 300 cm³/mol. The normalized spacial score (nSPS) is 20.4. The Hall–Kier alpha value is -7.41. The van der Waals surface area contributed by atoms with E-state index in [1.54, 1.807) is 60.7 Å². The van der Waals surface area contributed by atoms with Crippen molar-refractivity contribution in [2.24, 2.45) is 17.8 Å². The molecule has 2 amide bonds. The molecule has 0 aliphatic carbocycles. The zero-order valence-corrected chi connectivity index (χ0v) is 45.7. The van der Waals surface area contributed by atoms with Crippen molar-refractivity contribution in [3.8, 4) is 50.6 Å². The van der Waals surface area contributed by atoms with Crippen molar-refractivity contribution in [1.82, 2.24) is 4.90 Å². The molecular weight excluding hydrogens is 1070 g/mol. The van der Waals surface area contributed by atoms with Crippen LogP contribution in [0.3, 0.4) is 0 Å². The molecule has 2 N–H and O–H groups in total. The number of carboxylic acid groups (broad SMARTS) is 1. The summed E-state index contributed by atoms with van der Waals surface area (Å²) < 4.78 is 68.9. The van der Waals surface area contributed by atoms with Crippen LogP contribution in [0.15, 0.2) is 146 Å². The Morgan fingerprint density at radius 3 is 1.41 bits per heavy atom. The van der Waals surface area contributed by atoms with Gasteiger partial charge in [0.05, 0.1) is 71.8 Å². The number of esters is 2. The molecule has 4 heterocycles. The number of Topliss-reactive ketones (excluding diaryl/α,β-unsaturated/α-hetero) is 1. The minimum Gasteiger partial charge on any atom is -0.481 e. The number of aliphatic hydroxyl groups is 1. The lowest BCUT2D eigenvalue weighted by Gasteiger charge is -2.30. The van der Waals surface area contributed by atoms with Crippen LogP contribution in [0.1, 0.15) is 47.0 Å². The highest BCUT2D eigenvalue weighted by Crippen LogP contribution is 2.58. The fraction of sp³-hybridized carbons (Fsp3) is 0.288. The molecule has 17 nitrogen and oxygen atoms in total. The molecule has 0 spiro atoms. The fourth-order valence-corrected chi connectivity index (χ4v) is 17.5. The van der Waals surface area contributed by atoms with E-state index in [0.29, 0.717) is 39.6 Å². The fourth-order valence-electron chi connectivity index (χ4n) is 9.72. The van der Waals surface area contributed by atoms with Crippen LogP contribution in [0.25, 0.3) is 33.4 Å². The molecular formula is C59H62NO16P3. The Bertz CT molecular complexity index is 3320. The van der Waals surface area contributed by atoms with E-state index in [9.17, 15) is 47.6 Å². The van der Waals surface area contributed by atoms with Crippen LogP contribution in [-0.4, -0.2) is 96.0 Å². The first-order chi connectivity index (χ1) is 37.4. The monoisotopic (exact) mass is 1130 g/mol. The summed E-state index contributed by atoms with van der Waals surface area (Å²) in [6, 6.07) is 43.7. The summed E-state index contributed by atoms with van der Waals surface area (Å²) in [5.74, 6) is -4.33. The number of aliphatic carboxylic acids is 1.